The number of aryl methyl sites for hydroxylation is 2. The molecular weight excluding hydrogens is 266 g/mol. The number of carbonyl (C=O) groups excluding carboxylic acids is 1. The van der Waals surface area contributed by atoms with Crippen molar-refractivity contribution in [2.75, 3.05) is 7.11 Å². The van der Waals surface area contributed by atoms with Gasteiger partial charge in [-0.2, -0.15) is 5.10 Å². The monoisotopic (exact) mass is 285 g/mol. The van der Waals surface area contributed by atoms with Gasteiger partial charge in [0.15, 0.2) is 0 Å². The average Bonchev–Trinajstić information content (AvgIpc) is 2.75. The molecule has 0 aliphatic rings. The molecule has 0 saturated carbocycles. The van der Waals surface area contributed by atoms with Crippen LogP contribution in [-0.4, -0.2) is 24.0 Å². The Labute approximate surface area is 124 Å². The van der Waals surface area contributed by atoms with E-state index >= 15 is 0 Å². The van der Waals surface area contributed by atoms with Gasteiger partial charge in [0.05, 0.1) is 13.3 Å². The predicted octanol–water partition coefficient (Wildman–Crippen LogP) is 3.09. The number of hydrogen-bond acceptors (Lipinski definition) is 3. The first-order valence-electron chi connectivity index (χ1n) is 6.66. The Morgan fingerprint density at radius 1 is 1.24 bits per heavy atom. The third kappa shape index (κ3) is 3.31. The quantitative estimate of drug-likeness (QED) is 0.696. The van der Waals surface area contributed by atoms with Gasteiger partial charge in [-0.1, -0.05) is 17.7 Å². The molecule has 5 nitrogen and oxygen atoms in total. The van der Waals surface area contributed by atoms with Crippen LogP contribution in [0.3, 0.4) is 0 Å². The number of nitrogens with zero attached hydrogens (tertiary/aromatic N) is 2. The summed E-state index contributed by atoms with van der Waals surface area (Å²) in [5.74, 6) is 0. The van der Waals surface area contributed by atoms with E-state index in [1.807, 2.05) is 19.9 Å². The number of hydrazone groups is 1. The van der Waals surface area contributed by atoms with Crippen molar-refractivity contribution >= 4 is 12.3 Å². The summed E-state index contributed by atoms with van der Waals surface area (Å²) in [6.07, 6.45) is 1.03. The Morgan fingerprint density at radius 2 is 1.90 bits per heavy atom. The van der Waals surface area contributed by atoms with Crippen LogP contribution in [0.25, 0.3) is 5.69 Å². The highest BCUT2D eigenvalue weighted by Crippen LogP contribution is 2.20. The van der Waals surface area contributed by atoms with Crippen molar-refractivity contribution in [3.05, 3.63) is 52.8 Å². The maximum atomic E-state index is 11.0. The molecule has 0 unspecified atom stereocenters. The van der Waals surface area contributed by atoms with Crippen LogP contribution in [-0.2, 0) is 4.74 Å². The van der Waals surface area contributed by atoms with Crippen molar-refractivity contribution < 1.29 is 9.53 Å². The Balaban J connectivity index is 2.29. The Hall–Kier alpha value is -2.56. The molecular formula is C16H19N3O2. The number of ether oxygens (including phenoxy) is 1. The number of nitrogens with one attached hydrogen (secondary N) is 1. The fourth-order valence-electron chi connectivity index (χ4n) is 2.21. The lowest BCUT2D eigenvalue weighted by Crippen LogP contribution is -2.16. The standard InChI is InChI=1S/C16H19N3O2/c1-11-5-7-15(8-6-11)19-12(2)9-14(13(19)3)10-17-18-16(20)21-4/h5-10H,1-4H3,(H,18,20)/b17-10+. The summed E-state index contributed by atoms with van der Waals surface area (Å²) >= 11 is 0. The van der Waals surface area contributed by atoms with Gasteiger partial charge < -0.3 is 9.30 Å². The van der Waals surface area contributed by atoms with Gasteiger partial charge in [-0.15, -0.1) is 0 Å². The second-order valence-electron chi connectivity index (χ2n) is 4.86. The molecule has 1 aromatic heterocycles. The van der Waals surface area contributed by atoms with Crippen LogP contribution in [0.2, 0.25) is 0 Å². The minimum Gasteiger partial charge on any atom is -0.452 e. The van der Waals surface area contributed by atoms with Crippen molar-refractivity contribution in [3.63, 3.8) is 0 Å². The summed E-state index contributed by atoms with van der Waals surface area (Å²) in [5.41, 5.74) is 7.74. The maximum Gasteiger partial charge on any atom is 0.427 e. The molecule has 1 aromatic carbocycles. The lowest BCUT2D eigenvalue weighted by Gasteiger charge is -2.09. The van der Waals surface area contributed by atoms with Crippen LogP contribution in [0, 0.1) is 20.8 Å². The first-order valence-corrected chi connectivity index (χ1v) is 6.66. The van der Waals surface area contributed by atoms with Crippen molar-refractivity contribution in [1.82, 2.24) is 9.99 Å². The fraction of sp³-hybridized carbons (Fsp3) is 0.250. The Morgan fingerprint density at radius 3 is 2.52 bits per heavy atom. The highest BCUT2D eigenvalue weighted by atomic mass is 16.5. The molecule has 0 radical (unpaired) electrons. The van der Waals surface area contributed by atoms with Crippen molar-refractivity contribution in [2.24, 2.45) is 5.10 Å². The average molecular weight is 285 g/mol. The second-order valence-corrected chi connectivity index (χ2v) is 4.86. The first kappa shape index (κ1) is 14.8. The zero-order valence-corrected chi connectivity index (χ0v) is 12.7. The Kier molecular flexibility index (Phi) is 4.42. The van der Waals surface area contributed by atoms with Crippen LogP contribution in [0.4, 0.5) is 4.79 Å². The summed E-state index contributed by atoms with van der Waals surface area (Å²) in [6.45, 7) is 6.13. The normalized spacial score (nSPS) is 10.9. The van der Waals surface area contributed by atoms with E-state index in [0.717, 1.165) is 22.6 Å². The van der Waals surface area contributed by atoms with Crippen molar-refractivity contribution in [3.8, 4) is 5.69 Å². The molecule has 0 aliphatic carbocycles. The summed E-state index contributed by atoms with van der Waals surface area (Å²) in [5, 5.41) is 3.87. The number of hydrogen-bond donors (Lipinski definition) is 1. The number of benzene rings is 1. The topological polar surface area (TPSA) is 55.6 Å². The molecule has 110 valence electrons. The van der Waals surface area contributed by atoms with Gasteiger partial charge in [-0.3, -0.25) is 0 Å². The van der Waals surface area contributed by atoms with Crippen LogP contribution >= 0.6 is 0 Å². The van der Waals surface area contributed by atoms with Gasteiger partial charge in [0.25, 0.3) is 0 Å². The second kappa shape index (κ2) is 6.26. The third-order valence-corrected chi connectivity index (χ3v) is 3.31. The number of carbonyl (C=O) groups is 1. The highest BCUT2D eigenvalue weighted by molar-refractivity contribution is 5.83. The van der Waals surface area contributed by atoms with Gasteiger partial charge in [0, 0.05) is 22.6 Å². The van der Waals surface area contributed by atoms with E-state index in [1.165, 1.54) is 12.7 Å². The molecule has 1 heterocycles. The molecule has 0 aliphatic heterocycles. The minimum atomic E-state index is -0.585. The van der Waals surface area contributed by atoms with E-state index in [1.54, 1.807) is 6.21 Å². The summed E-state index contributed by atoms with van der Waals surface area (Å²) in [4.78, 5) is 11.0. The molecule has 0 saturated heterocycles. The fourth-order valence-corrected chi connectivity index (χ4v) is 2.21. The number of amides is 1. The van der Waals surface area contributed by atoms with Crippen molar-refractivity contribution in [1.29, 1.82) is 0 Å². The highest BCUT2D eigenvalue weighted by Gasteiger charge is 2.09. The zero-order valence-electron chi connectivity index (χ0n) is 12.7. The Bertz CT molecular complexity index is 670. The molecule has 5 heteroatoms. The van der Waals surface area contributed by atoms with E-state index in [9.17, 15) is 4.79 Å². The summed E-state index contributed by atoms with van der Waals surface area (Å²) < 4.78 is 6.61. The lowest BCUT2D eigenvalue weighted by molar-refractivity contribution is 0.171. The molecule has 0 fully saturated rings. The van der Waals surface area contributed by atoms with Gasteiger partial charge in [0.1, 0.15) is 0 Å². The summed E-state index contributed by atoms with van der Waals surface area (Å²) in [7, 11) is 1.30. The number of rotatable bonds is 3. The van der Waals surface area contributed by atoms with Crippen LogP contribution < -0.4 is 5.43 Å². The van der Waals surface area contributed by atoms with Gasteiger partial charge in [-0.05, 0) is 39.0 Å². The third-order valence-electron chi connectivity index (χ3n) is 3.31. The van der Waals surface area contributed by atoms with Crippen molar-refractivity contribution in [2.45, 2.75) is 20.8 Å². The molecule has 1 N–H and O–H groups in total. The minimum absolute atomic E-state index is 0.585. The predicted molar refractivity (Wildman–Crippen MR) is 83.1 cm³/mol. The first-order chi connectivity index (χ1) is 10.0. The SMILES string of the molecule is COC(=O)N/N=C/c1cc(C)n(-c2ccc(C)cc2)c1C. The molecule has 2 aromatic rings. The number of aromatic nitrogens is 1. The smallest absolute Gasteiger partial charge is 0.427 e. The molecule has 0 spiro atoms. The molecule has 2 rings (SSSR count). The van der Waals surface area contributed by atoms with E-state index in [4.69, 9.17) is 0 Å². The van der Waals surface area contributed by atoms with Crippen LogP contribution in [0.1, 0.15) is 22.5 Å². The number of methoxy groups -OCH3 is 1. The zero-order chi connectivity index (χ0) is 15.4. The maximum absolute atomic E-state index is 11.0. The molecule has 0 atom stereocenters. The van der Waals surface area contributed by atoms with E-state index in [2.05, 4.69) is 51.0 Å². The van der Waals surface area contributed by atoms with E-state index in [0.29, 0.717) is 0 Å². The van der Waals surface area contributed by atoms with Gasteiger partial charge >= 0.3 is 6.09 Å². The van der Waals surface area contributed by atoms with Gasteiger partial charge in [0.2, 0.25) is 0 Å². The van der Waals surface area contributed by atoms with Crippen LogP contribution in [0.15, 0.2) is 35.4 Å². The summed E-state index contributed by atoms with van der Waals surface area (Å²) in [6, 6.07) is 10.4. The van der Waals surface area contributed by atoms with Gasteiger partial charge in [-0.25, -0.2) is 10.2 Å². The largest absolute Gasteiger partial charge is 0.452 e. The molecule has 21 heavy (non-hydrogen) atoms. The van der Waals surface area contributed by atoms with Crippen LogP contribution in [0.5, 0.6) is 0 Å². The molecule has 0 bridgehead atoms. The lowest BCUT2D eigenvalue weighted by atomic mass is 10.2. The molecule has 1 amide bonds. The van der Waals surface area contributed by atoms with E-state index in [-0.39, 0.29) is 0 Å². The van der Waals surface area contributed by atoms with E-state index < -0.39 is 6.09 Å².